The molecule has 0 bridgehead atoms. The fourth-order valence-electron chi connectivity index (χ4n) is 2.05. The van der Waals surface area contributed by atoms with Crippen molar-refractivity contribution in [2.24, 2.45) is 5.92 Å². The second-order valence-electron chi connectivity index (χ2n) is 5.33. The minimum Gasteiger partial charge on any atom is -0.337 e. The highest BCUT2D eigenvalue weighted by atomic mass is 16.6. The van der Waals surface area contributed by atoms with Gasteiger partial charge in [0.05, 0.1) is 17.4 Å². The van der Waals surface area contributed by atoms with Crippen LogP contribution in [0.25, 0.3) is 0 Å². The molecule has 0 radical (unpaired) electrons. The van der Waals surface area contributed by atoms with Crippen LogP contribution in [0.5, 0.6) is 0 Å². The normalized spacial score (nSPS) is 10.2. The first-order valence-electron chi connectivity index (χ1n) is 6.78. The average Bonchev–Trinajstić information content (AvgIpc) is 2.41. The van der Waals surface area contributed by atoms with Gasteiger partial charge in [-0.3, -0.25) is 14.9 Å². The van der Waals surface area contributed by atoms with Crippen molar-refractivity contribution in [2.75, 3.05) is 13.1 Å². The fourth-order valence-corrected chi connectivity index (χ4v) is 2.05. The molecule has 1 aromatic rings. The number of rotatable bonds is 6. The van der Waals surface area contributed by atoms with Crippen LogP contribution in [0.3, 0.4) is 0 Å². The zero-order valence-electron chi connectivity index (χ0n) is 12.5. The van der Waals surface area contributed by atoms with Crippen molar-refractivity contribution in [1.29, 1.82) is 5.26 Å². The summed E-state index contributed by atoms with van der Waals surface area (Å²) in [6, 6.07) is 6.48. The smallest absolute Gasteiger partial charge is 0.282 e. The molecule has 0 heterocycles. The van der Waals surface area contributed by atoms with Gasteiger partial charge in [0.1, 0.15) is 5.56 Å². The summed E-state index contributed by atoms with van der Waals surface area (Å²) in [5.41, 5.74) is 0.670. The summed E-state index contributed by atoms with van der Waals surface area (Å²) in [6.45, 7) is 6.43. The van der Waals surface area contributed by atoms with Gasteiger partial charge >= 0.3 is 0 Å². The minimum atomic E-state index is -0.551. The molecule has 0 aliphatic rings. The van der Waals surface area contributed by atoms with Crippen molar-refractivity contribution in [3.63, 3.8) is 0 Å². The molecule has 0 atom stereocenters. The number of nitro benzene ring substituents is 1. The third-order valence-electron chi connectivity index (χ3n) is 2.95. The van der Waals surface area contributed by atoms with Gasteiger partial charge in [0, 0.05) is 19.2 Å². The number of hydrogen-bond donors (Lipinski definition) is 0. The molecule has 0 saturated heterocycles. The molecule has 6 heteroatoms. The lowest BCUT2D eigenvalue weighted by Crippen LogP contribution is -2.35. The van der Waals surface area contributed by atoms with Crippen LogP contribution in [-0.2, 0) is 0 Å². The topological polar surface area (TPSA) is 87.2 Å². The molecule has 1 amide bonds. The van der Waals surface area contributed by atoms with E-state index in [2.05, 4.69) is 0 Å². The van der Waals surface area contributed by atoms with Crippen molar-refractivity contribution < 1.29 is 9.72 Å². The molecule has 0 aliphatic carbocycles. The molecule has 0 spiro atoms. The van der Waals surface area contributed by atoms with Crippen molar-refractivity contribution in [3.05, 3.63) is 39.4 Å². The maximum atomic E-state index is 12.6. The molecular weight excluding hydrogens is 270 g/mol. The van der Waals surface area contributed by atoms with E-state index in [9.17, 15) is 14.9 Å². The Morgan fingerprint density at radius 2 is 2.14 bits per heavy atom. The molecule has 0 saturated carbocycles. The Morgan fingerprint density at radius 1 is 1.48 bits per heavy atom. The van der Waals surface area contributed by atoms with E-state index in [0.717, 1.165) is 5.56 Å². The number of benzene rings is 1. The van der Waals surface area contributed by atoms with Gasteiger partial charge in [0.2, 0.25) is 0 Å². The average molecular weight is 289 g/mol. The second kappa shape index (κ2) is 7.39. The summed E-state index contributed by atoms with van der Waals surface area (Å²) in [6.07, 6.45) is 0.206. The monoisotopic (exact) mass is 289 g/mol. The van der Waals surface area contributed by atoms with Gasteiger partial charge in [0.25, 0.3) is 11.6 Å². The Morgan fingerprint density at radius 3 is 2.67 bits per heavy atom. The summed E-state index contributed by atoms with van der Waals surface area (Å²) in [7, 11) is 0. The van der Waals surface area contributed by atoms with Crippen molar-refractivity contribution in [2.45, 2.75) is 27.2 Å². The predicted molar refractivity (Wildman–Crippen MR) is 78.8 cm³/mol. The number of aryl methyl sites for hydroxylation is 1. The molecule has 0 N–H and O–H groups in total. The van der Waals surface area contributed by atoms with E-state index >= 15 is 0 Å². The van der Waals surface area contributed by atoms with Gasteiger partial charge < -0.3 is 4.90 Å². The molecule has 0 aromatic heterocycles. The number of carbonyl (C=O) groups excluding carboxylic acids is 1. The van der Waals surface area contributed by atoms with Gasteiger partial charge in [-0.05, 0) is 24.5 Å². The van der Waals surface area contributed by atoms with Crippen LogP contribution in [0.4, 0.5) is 5.69 Å². The first-order chi connectivity index (χ1) is 9.86. The van der Waals surface area contributed by atoms with Crippen LogP contribution >= 0.6 is 0 Å². The SMILES string of the molecule is Cc1ccc([N+](=O)[O-])c(C(=O)N(CCC#N)CC(C)C)c1. The van der Waals surface area contributed by atoms with Crippen LogP contribution in [0.2, 0.25) is 0 Å². The van der Waals surface area contributed by atoms with E-state index in [0.29, 0.717) is 6.54 Å². The Bertz CT molecular complexity index is 576. The number of hydrogen-bond acceptors (Lipinski definition) is 4. The summed E-state index contributed by atoms with van der Waals surface area (Å²) in [4.78, 5) is 24.6. The third kappa shape index (κ3) is 4.56. The van der Waals surface area contributed by atoms with Crippen LogP contribution in [0, 0.1) is 34.3 Å². The summed E-state index contributed by atoms with van der Waals surface area (Å²) in [5, 5.41) is 19.8. The molecule has 0 unspecified atom stereocenters. The predicted octanol–water partition coefficient (Wildman–Crippen LogP) is 2.92. The quantitative estimate of drug-likeness (QED) is 0.595. The van der Waals surface area contributed by atoms with Crippen molar-refractivity contribution >= 4 is 11.6 Å². The van der Waals surface area contributed by atoms with E-state index in [4.69, 9.17) is 5.26 Å². The van der Waals surface area contributed by atoms with Crippen LogP contribution < -0.4 is 0 Å². The Labute approximate surface area is 124 Å². The lowest BCUT2D eigenvalue weighted by atomic mass is 10.1. The van der Waals surface area contributed by atoms with Gasteiger partial charge in [-0.2, -0.15) is 5.26 Å². The fraction of sp³-hybridized carbons (Fsp3) is 0.467. The van der Waals surface area contributed by atoms with E-state index in [-0.39, 0.29) is 30.1 Å². The van der Waals surface area contributed by atoms with Crippen LogP contribution in [0.15, 0.2) is 18.2 Å². The van der Waals surface area contributed by atoms with Gasteiger partial charge in [-0.15, -0.1) is 0 Å². The summed E-state index contributed by atoms with van der Waals surface area (Å²) >= 11 is 0. The van der Waals surface area contributed by atoms with E-state index < -0.39 is 10.8 Å². The molecule has 21 heavy (non-hydrogen) atoms. The zero-order valence-corrected chi connectivity index (χ0v) is 12.5. The first-order valence-corrected chi connectivity index (χ1v) is 6.78. The Balaban J connectivity index is 3.16. The Kier molecular flexibility index (Phi) is 5.85. The van der Waals surface area contributed by atoms with E-state index in [1.54, 1.807) is 13.0 Å². The van der Waals surface area contributed by atoms with Gasteiger partial charge in [-0.25, -0.2) is 0 Å². The molecule has 6 nitrogen and oxygen atoms in total. The van der Waals surface area contributed by atoms with Gasteiger partial charge in [0.15, 0.2) is 0 Å². The highest BCUT2D eigenvalue weighted by Gasteiger charge is 2.25. The van der Waals surface area contributed by atoms with Crippen molar-refractivity contribution in [3.8, 4) is 6.07 Å². The molecule has 0 aliphatic heterocycles. The number of amides is 1. The molecule has 1 aromatic carbocycles. The molecule has 1 rings (SSSR count). The van der Waals surface area contributed by atoms with Crippen LogP contribution in [-0.4, -0.2) is 28.8 Å². The third-order valence-corrected chi connectivity index (χ3v) is 2.95. The lowest BCUT2D eigenvalue weighted by Gasteiger charge is -2.23. The molecule has 0 fully saturated rings. The Hall–Kier alpha value is -2.42. The maximum absolute atomic E-state index is 12.6. The standard InChI is InChI=1S/C15H19N3O3/c1-11(2)10-17(8-4-7-16)15(19)13-9-12(3)5-6-14(13)18(20)21/h5-6,9,11H,4,8,10H2,1-3H3. The number of carbonyl (C=O) groups is 1. The zero-order chi connectivity index (χ0) is 16.0. The highest BCUT2D eigenvalue weighted by Crippen LogP contribution is 2.22. The maximum Gasteiger partial charge on any atom is 0.282 e. The minimum absolute atomic E-state index is 0.0820. The second-order valence-corrected chi connectivity index (χ2v) is 5.33. The first kappa shape index (κ1) is 16.6. The molecular formula is C15H19N3O3. The van der Waals surface area contributed by atoms with Gasteiger partial charge in [-0.1, -0.05) is 19.9 Å². The van der Waals surface area contributed by atoms with Crippen molar-refractivity contribution in [1.82, 2.24) is 4.90 Å². The number of nitrogens with zero attached hydrogens (tertiary/aromatic N) is 3. The van der Waals surface area contributed by atoms with Crippen LogP contribution in [0.1, 0.15) is 36.2 Å². The number of nitro groups is 1. The molecule has 112 valence electrons. The van der Waals surface area contributed by atoms with E-state index in [1.807, 2.05) is 19.9 Å². The largest absolute Gasteiger partial charge is 0.337 e. The van der Waals surface area contributed by atoms with E-state index in [1.165, 1.54) is 17.0 Å². The number of nitriles is 1. The highest BCUT2D eigenvalue weighted by molar-refractivity contribution is 5.98. The lowest BCUT2D eigenvalue weighted by molar-refractivity contribution is -0.385. The summed E-state index contributed by atoms with van der Waals surface area (Å²) < 4.78 is 0. The summed E-state index contributed by atoms with van der Waals surface area (Å²) in [5.74, 6) is -0.175.